The summed E-state index contributed by atoms with van der Waals surface area (Å²) in [5.41, 5.74) is 0. The summed E-state index contributed by atoms with van der Waals surface area (Å²) in [5.74, 6) is 0.685. The number of anilines is 1. The number of hydrogen-bond acceptors (Lipinski definition) is 5. The Bertz CT molecular complexity index is 619. The summed E-state index contributed by atoms with van der Waals surface area (Å²) in [4.78, 5) is 4.52. The average molecular weight is 368 g/mol. The summed E-state index contributed by atoms with van der Waals surface area (Å²) >= 11 is 0. The number of ether oxygens (including phenoxy) is 1. The first-order valence-corrected chi connectivity index (χ1v) is 10.9. The van der Waals surface area contributed by atoms with E-state index >= 15 is 0 Å². The molecule has 0 radical (unpaired) electrons. The summed E-state index contributed by atoms with van der Waals surface area (Å²) in [5, 5.41) is 3.20. The van der Waals surface area contributed by atoms with Gasteiger partial charge in [0.25, 0.3) is 0 Å². The van der Waals surface area contributed by atoms with Crippen molar-refractivity contribution in [1.29, 1.82) is 0 Å². The average Bonchev–Trinajstić information content (AvgIpc) is 3.05. The lowest BCUT2D eigenvalue weighted by Crippen LogP contribution is -2.28. The third kappa shape index (κ3) is 5.15. The van der Waals surface area contributed by atoms with E-state index < -0.39 is 10.0 Å². The Morgan fingerprint density at radius 3 is 2.44 bits per heavy atom. The SMILES string of the molecule is O=S(=O)(c1ccc(NCCOC2CCCCCC2)nc1)N1CCCC1. The highest BCUT2D eigenvalue weighted by molar-refractivity contribution is 7.89. The van der Waals surface area contributed by atoms with Gasteiger partial charge in [-0.3, -0.25) is 0 Å². The smallest absolute Gasteiger partial charge is 0.244 e. The third-order valence-electron chi connectivity index (χ3n) is 5.00. The van der Waals surface area contributed by atoms with Crippen molar-refractivity contribution in [2.24, 2.45) is 0 Å². The molecule has 0 spiro atoms. The largest absolute Gasteiger partial charge is 0.376 e. The standard InChI is InChI=1S/C18H29N3O3S/c22-25(23,21-12-5-6-13-21)17-9-10-18(20-15-17)19-11-14-24-16-7-3-1-2-4-8-16/h9-10,15-16H,1-8,11-14H2,(H,19,20). The molecule has 1 N–H and O–H groups in total. The maximum atomic E-state index is 12.5. The van der Waals surface area contributed by atoms with Crippen LogP contribution in [-0.2, 0) is 14.8 Å². The first kappa shape index (κ1) is 18.6. The first-order chi connectivity index (χ1) is 12.2. The van der Waals surface area contributed by atoms with Crippen LogP contribution in [0.5, 0.6) is 0 Å². The molecule has 0 unspecified atom stereocenters. The van der Waals surface area contributed by atoms with E-state index in [1.54, 1.807) is 12.1 Å². The molecule has 1 aliphatic carbocycles. The molecule has 2 heterocycles. The lowest BCUT2D eigenvalue weighted by Gasteiger charge is -2.16. The van der Waals surface area contributed by atoms with Gasteiger partial charge in [-0.2, -0.15) is 4.31 Å². The lowest BCUT2D eigenvalue weighted by atomic mass is 10.1. The van der Waals surface area contributed by atoms with Gasteiger partial charge in [0, 0.05) is 25.8 Å². The summed E-state index contributed by atoms with van der Waals surface area (Å²) in [6, 6.07) is 3.36. The Labute approximate surface area is 151 Å². The van der Waals surface area contributed by atoms with Crippen LogP contribution in [0.3, 0.4) is 0 Å². The molecule has 3 rings (SSSR count). The second-order valence-electron chi connectivity index (χ2n) is 6.90. The van der Waals surface area contributed by atoms with Crippen molar-refractivity contribution in [2.75, 3.05) is 31.6 Å². The van der Waals surface area contributed by atoms with Crippen LogP contribution in [0.2, 0.25) is 0 Å². The van der Waals surface area contributed by atoms with E-state index in [2.05, 4.69) is 10.3 Å². The number of pyridine rings is 1. The zero-order chi connectivity index (χ0) is 17.5. The summed E-state index contributed by atoms with van der Waals surface area (Å²) in [6.45, 7) is 2.56. The fourth-order valence-corrected chi connectivity index (χ4v) is 4.99. The Morgan fingerprint density at radius 1 is 1.08 bits per heavy atom. The molecule has 1 saturated carbocycles. The molecule has 1 aliphatic heterocycles. The number of nitrogens with zero attached hydrogens (tertiary/aromatic N) is 2. The zero-order valence-corrected chi connectivity index (χ0v) is 15.6. The number of nitrogens with one attached hydrogen (secondary N) is 1. The second-order valence-corrected chi connectivity index (χ2v) is 8.84. The van der Waals surface area contributed by atoms with E-state index in [1.807, 2.05) is 0 Å². The van der Waals surface area contributed by atoms with Gasteiger partial charge in [-0.15, -0.1) is 0 Å². The van der Waals surface area contributed by atoms with Crippen LogP contribution in [0.25, 0.3) is 0 Å². The Hall–Kier alpha value is -1.18. The van der Waals surface area contributed by atoms with E-state index in [9.17, 15) is 8.42 Å². The minimum Gasteiger partial charge on any atom is -0.376 e. The van der Waals surface area contributed by atoms with Gasteiger partial charge in [0.05, 0.1) is 12.7 Å². The van der Waals surface area contributed by atoms with Crippen molar-refractivity contribution in [3.63, 3.8) is 0 Å². The molecule has 25 heavy (non-hydrogen) atoms. The molecule has 0 bridgehead atoms. The molecule has 1 aromatic rings. The minimum absolute atomic E-state index is 0.273. The molecule has 140 valence electrons. The molecular weight excluding hydrogens is 338 g/mol. The van der Waals surface area contributed by atoms with Crippen molar-refractivity contribution in [3.8, 4) is 0 Å². The third-order valence-corrected chi connectivity index (χ3v) is 6.89. The maximum absolute atomic E-state index is 12.5. The molecule has 6 nitrogen and oxygen atoms in total. The van der Waals surface area contributed by atoms with Crippen LogP contribution in [0.15, 0.2) is 23.2 Å². The van der Waals surface area contributed by atoms with Gasteiger partial charge in [0.1, 0.15) is 10.7 Å². The number of hydrogen-bond donors (Lipinski definition) is 1. The van der Waals surface area contributed by atoms with Crippen molar-refractivity contribution in [1.82, 2.24) is 9.29 Å². The molecule has 7 heteroatoms. The topological polar surface area (TPSA) is 71.5 Å². The van der Waals surface area contributed by atoms with Gasteiger partial charge in [-0.1, -0.05) is 25.7 Å². The van der Waals surface area contributed by atoms with Gasteiger partial charge in [-0.25, -0.2) is 13.4 Å². The molecule has 1 saturated heterocycles. The molecule has 0 atom stereocenters. The van der Waals surface area contributed by atoms with Crippen molar-refractivity contribution >= 4 is 15.8 Å². The highest BCUT2D eigenvalue weighted by atomic mass is 32.2. The quantitative estimate of drug-likeness (QED) is 0.592. The van der Waals surface area contributed by atoms with E-state index in [0.29, 0.717) is 38.2 Å². The Kier molecular flexibility index (Phi) is 6.67. The van der Waals surface area contributed by atoms with Crippen molar-refractivity contribution in [2.45, 2.75) is 62.4 Å². The summed E-state index contributed by atoms with van der Waals surface area (Å²) in [6.07, 6.45) is 11.2. The predicted molar refractivity (Wildman–Crippen MR) is 98.2 cm³/mol. The number of rotatable bonds is 7. The van der Waals surface area contributed by atoms with Gasteiger partial charge in [0.2, 0.25) is 10.0 Å². The van der Waals surface area contributed by atoms with Crippen LogP contribution >= 0.6 is 0 Å². The van der Waals surface area contributed by atoms with Crippen LogP contribution in [0.4, 0.5) is 5.82 Å². The molecule has 0 aromatic carbocycles. The predicted octanol–water partition coefficient (Wildman–Crippen LogP) is 3.02. The highest BCUT2D eigenvalue weighted by Crippen LogP contribution is 2.21. The summed E-state index contributed by atoms with van der Waals surface area (Å²) in [7, 11) is -3.38. The molecular formula is C18H29N3O3S. The van der Waals surface area contributed by atoms with Gasteiger partial charge < -0.3 is 10.1 Å². The number of sulfonamides is 1. The first-order valence-electron chi connectivity index (χ1n) is 9.48. The Balaban J connectivity index is 1.44. The molecule has 0 amide bonds. The van der Waals surface area contributed by atoms with E-state index in [1.165, 1.54) is 49.0 Å². The van der Waals surface area contributed by atoms with Gasteiger partial charge in [0.15, 0.2) is 0 Å². The van der Waals surface area contributed by atoms with Crippen LogP contribution in [0.1, 0.15) is 51.4 Å². The molecule has 2 aliphatic rings. The van der Waals surface area contributed by atoms with Crippen molar-refractivity contribution in [3.05, 3.63) is 18.3 Å². The van der Waals surface area contributed by atoms with Crippen molar-refractivity contribution < 1.29 is 13.2 Å². The highest BCUT2D eigenvalue weighted by Gasteiger charge is 2.27. The van der Waals surface area contributed by atoms with Gasteiger partial charge >= 0.3 is 0 Å². The maximum Gasteiger partial charge on any atom is 0.244 e. The lowest BCUT2D eigenvalue weighted by molar-refractivity contribution is 0.0501. The van der Waals surface area contributed by atoms with Crippen LogP contribution < -0.4 is 5.32 Å². The van der Waals surface area contributed by atoms with Gasteiger partial charge in [-0.05, 0) is 37.8 Å². The van der Waals surface area contributed by atoms with E-state index in [0.717, 1.165) is 12.8 Å². The zero-order valence-electron chi connectivity index (χ0n) is 14.8. The van der Waals surface area contributed by atoms with E-state index in [-0.39, 0.29) is 4.90 Å². The molecule has 1 aromatic heterocycles. The fraction of sp³-hybridized carbons (Fsp3) is 0.722. The Morgan fingerprint density at radius 2 is 1.80 bits per heavy atom. The van der Waals surface area contributed by atoms with Crippen LogP contribution in [-0.4, -0.2) is 50.1 Å². The monoisotopic (exact) mass is 367 g/mol. The fourth-order valence-electron chi connectivity index (χ4n) is 3.53. The summed E-state index contributed by atoms with van der Waals surface area (Å²) < 4.78 is 32.4. The minimum atomic E-state index is -3.38. The van der Waals surface area contributed by atoms with Crippen LogP contribution in [0, 0.1) is 0 Å². The van der Waals surface area contributed by atoms with E-state index in [4.69, 9.17) is 4.74 Å². The normalized spacial score (nSPS) is 20.5. The number of aromatic nitrogens is 1. The molecule has 2 fully saturated rings. The second kappa shape index (κ2) is 8.96.